The second-order valence-electron chi connectivity index (χ2n) is 4.56. The molecule has 7 nitrogen and oxygen atoms in total. The molecule has 0 saturated heterocycles. The molecule has 0 radical (unpaired) electrons. The van der Waals surface area contributed by atoms with Crippen molar-refractivity contribution >= 4 is 15.9 Å². The van der Waals surface area contributed by atoms with Gasteiger partial charge in [0.15, 0.2) is 5.69 Å². The SMILES string of the molecule is Cc1[nH]nc(C(=O)NCCC2CC2)c1S(N)(=O)=O. The molecular weight excluding hydrogens is 256 g/mol. The quantitative estimate of drug-likeness (QED) is 0.693. The number of sulfonamides is 1. The number of primary sulfonamides is 1. The number of carbonyl (C=O) groups is 1. The minimum Gasteiger partial charge on any atom is -0.351 e. The smallest absolute Gasteiger partial charge is 0.273 e. The van der Waals surface area contributed by atoms with Gasteiger partial charge in [-0.2, -0.15) is 5.10 Å². The average molecular weight is 272 g/mol. The molecule has 0 aromatic carbocycles. The van der Waals surface area contributed by atoms with Crippen molar-refractivity contribution in [2.24, 2.45) is 11.1 Å². The van der Waals surface area contributed by atoms with E-state index in [1.807, 2.05) is 0 Å². The molecule has 1 fully saturated rings. The van der Waals surface area contributed by atoms with Gasteiger partial charge in [-0.3, -0.25) is 9.89 Å². The highest BCUT2D eigenvalue weighted by Crippen LogP contribution is 2.31. The number of carbonyl (C=O) groups excluding carboxylic acids is 1. The van der Waals surface area contributed by atoms with Crippen molar-refractivity contribution in [2.75, 3.05) is 6.54 Å². The Labute approximate surface area is 105 Å². The Hall–Kier alpha value is -1.41. The Morgan fingerprint density at radius 2 is 2.22 bits per heavy atom. The van der Waals surface area contributed by atoms with Gasteiger partial charge in [0.2, 0.25) is 10.0 Å². The summed E-state index contributed by atoms with van der Waals surface area (Å²) in [6.07, 6.45) is 3.33. The lowest BCUT2D eigenvalue weighted by molar-refractivity contribution is 0.0944. The van der Waals surface area contributed by atoms with E-state index in [1.54, 1.807) is 0 Å². The average Bonchev–Trinajstić information content (AvgIpc) is 2.98. The Bertz CT molecular complexity index is 560. The van der Waals surface area contributed by atoms with Gasteiger partial charge in [0.05, 0.1) is 5.69 Å². The fraction of sp³-hybridized carbons (Fsp3) is 0.600. The van der Waals surface area contributed by atoms with Crippen LogP contribution in [0.1, 0.15) is 35.4 Å². The summed E-state index contributed by atoms with van der Waals surface area (Å²) in [4.78, 5) is 11.6. The van der Waals surface area contributed by atoms with Gasteiger partial charge in [0, 0.05) is 6.54 Å². The zero-order valence-corrected chi connectivity index (χ0v) is 10.9. The first-order valence-corrected chi connectivity index (χ1v) is 7.30. The number of nitrogens with zero attached hydrogens (tertiary/aromatic N) is 1. The van der Waals surface area contributed by atoms with Gasteiger partial charge in [-0.25, -0.2) is 13.6 Å². The van der Waals surface area contributed by atoms with Crippen LogP contribution in [-0.4, -0.2) is 31.1 Å². The Morgan fingerprint density at radius 3 is 2.78 bits per heavy atom. The van der Waals surface area contributed by atoms with E-state index in [4.69, 9.17) is 5.14 Å². The second-order valence-corrected chi connectivity index (χ2v) is 6.06. The van der Waals surface area contributed by atoms with Crippen molar-refractivity contribution in [2.45, 2.75) is 31.1 Å². The van der Waals surface area contributed by atoms with E-state index in [-0.39, 0.29) is 16.3 Å². The van der Waals surface area contributed by atoms with Gasteiger partial charge < -0.3 is 5.32 Å². The fourth-order valence-corrected chi connectivity index (χ4v) is 2.68. The van der Waals surface area contributed by atoms with Gasteiger partial charge >= 0.3 is 0 Å². The van der Waals surface area contributed by atoms with Gasteiger partial charge in [-0.15, -0.1) is 0 Å². The number of nitrogens with two attached hydrogens (primary N) is 1. The predicted octanol–water partition coefficient (Wildman–Crippen LogP) is -0.105. The van der Waals surface area contributed by atoms with E-state index < -0.39 is 15.9 Å². The van der Waals surface area contributed by atoms with Gasteiger partial charge in [-0.1, -0.05) is 12.8 Å². The molecule has 1 heterocycles. The van der Waals surface area contributed by atoms with Crippen LogP contribution in [0.4, 0.5) is 0 Å². The number of hydrogen-bond acceptors (Lipinski definition) is 4. The largest absolute Gasteiger partial charge is 0.351 e. The summed E-state index contributed by atoms with van der Waals surface area (Å²) in [6.45, 7) is 2.03. The molecule has 8 heteroatoms. The molecule has 4 N–H and O–H groups in total. The van der Waals surface area contributed by atoms with Crippen molar-refractivity contribution in [1.82, 2.24) is 15.5 Å². The van der Waals surface area contributed by atoms with E-state index in [0.29, 0.717) is 12.5 Å². The number of aromatic nitrogens is 2. The van der Waals surface area contributed by atoms with Crippen LogP contribution >= 0.6 is 0 Å². The third-order valence-corrected chi connectivity index (χ3v) is 3.99. The number of rotatable bonds is 5. The zero-order chi connectivity index (χ0) is 13.3. The highest BCUT2D eigenvalue weighted by Gasteiger charge is 2.26. The topological polar surface area (TPSA) is 118 Å². The molecule has 0 atom stereocenters. The molecule has 1 amide bonds. The maximum absolute atomic E-state index is 11.8. The predicted molar refractivity (Wildman–Crippen MR) is 64.4 cm³/mol. The van der Waals surface area contributed by atoms with Crippen LogP contribution in [0.2, 0.25) is 0 Å². The molecular formula is C10H16N4O3S. The van der Waals surface area contributed by atoms with Crippen LogP contribution < -0.4 is 10.5 Å². The molecule has 1 aliphatic rings. The van der Waals surface area contributed by atoms with E-state index in [2.05, 4.69) is 15.5 Å². The van der Waals surface area contributed by atoms with Crippen LogP contribution in [-0.2, 0) is 10.0 Å². The number of hydrogen-bond donors (Lipinski definition) is 3. The molecule has 1 saturated carbocycles. The summed E-state index contributed by atoms with van der Waals surface area (Å²) in [5.41, 5.74) is 0.107. The normalized spacial score (nSPS) is 15.7. The lowest BCUT2D eigenvalue weighted by atomic mass is 10.3. The summed E-state index contributed by atoms with van der Waals surface area (Å²) in [6, 6.07) is 0. The minimum absolute atomic E-state index is 0.161. The minimum atomic E-state index is -3.95. The highest BCUT2D eigenvalue weighted by atomic mass is 32.2. The molecule has 0 bridgehead atoms. The fourth-order valence-electron chi connectivity index (χ4n) is 1.80. The first-order valence-electron chi connectivity index (χ1n) is 5.75. The summed E-state index contributed by atoms with van der Waals surface area (Å²) in [5, 5.41) is 13.9. The molecule has 0 unspecified atom stereocenters. The zero-order valence-electron chi connectivity index (χ0n) is 10.1. The molecule has 100 valence electrons. The van der Waals surface area contributed by atoms with Crippen LogP contribution in [0.5, 0.6) is 0 Å². The molecule has 1 aliphatic carbocycles. The number of aryl methyl sites for hydroxylation is 1. The van der Waals surface area contributed by atoms with Crippen molar-refractivity contribution in [3.05, 3.63) is 11.4 Å². The lowest BCUT2D eigenvalue weighted by Crippen LogP contribution is -2.27. The first kappa shape index (κ1) is 13.0. The van der Waals surface area contributed by atoms with Crippen molar-refractivity contribution in [3.8, 4) is 0 Å². The Balaban J connectivity index is 2.09. The van der Waals surface area contributed by atoms with E-state index >= 15 is 0 Å². The van der Waals surface area contributed by atoms with Gasteiger partial charge in [0.25, 0.3) is 5.91 Å². The molecule has 18 heavy (non-hydrogen) atoms. The summed E-state index contributed by atoms with van der Waals surface area (Å²) < 4.78 is 22.7. The molecule has 2 rings (SSSR count). The third-order valence-electron chi connectivity index (χ3n) is 2.93. The van der Waals surface area contributed by atoms with E-state index in [1.165, 1.54) is 19.8 Å². The van der Waals surface area contributed by atoms with Gasteiger partial charge in [0.1, 0.15) is 4.90 Å². The van der Waals surface area contributed by atoms with Crippen molar-refractivity contribution in [3.63, 3.8) is 0 Å². The van der Waals surface area contributed by atoms with Crippen molar-refractivity contribution < 1.29 is 13.2 Å². The number of H-pyrrole nitrogens is 1. The Kier molecular flexibility index (Phi) is 3.40. The number of aromatic amines is 1. The van der Waals surface area contributed by atoms with E-state index in [9.17, 15) is 13.2 Å². The molecule has 1 aromatic rings. The summed E-state index contributed by atoms with van der Waals surface area (Å²) >= 11 is 0. The first-order chi connectivity index (χ1) is 8.39. The summed E-state index contributed by atoms with van der Waals surface area (Å²) in [7, 11) is -3.95. The number of amides is 1. The monoisotopic (exact) mass is 272 g/mol. The van der Waals surface area contributed by atoms with Crippen LogP contribution in [0, 0.1) is 12.8 Å². The number of nitrogens with one attached hydrogen (secondary N) is 2. The van der Waals surface area contributed by atoms with Crippen LogP contribution in [0.25, 0.3) is 0 Å². The van der Waals surface area contributed by atoms with Crippen molar-refractivity contribution in [1.29, 1.82) is 0 Å². The second kappa shape index (κ2) is 4.69. The standard InChI is InChI=1S/C10H16N4O3S/c1-6-9(18(11,16)17)8(14-13-6)10(15)12-5-4-7-2-3-7/h7H,2-5H2,1H3,(H,12,15)(H,13,14)(H2,11,16,17). The van der Waals surface area contributed by atoms with Crippen LogP contribution in [0.15, 0.2) is 4.90 Å². The third kappa shape index (κ3) is 2.88. The van der Waals surface area contributed by atoms with Gasteiger partial charge in [-0.05, 0) is 19.3 Å². The highest BCUT2D eigenvalue weighted by molar-refractivity contribution is 7.89. The molecule has 1 aromatic heterocycles. The maximum Gasteiger partial charge on any atom is 0.273 e. The molecule has 0 spiro atoms. The maximum atomic E-state index is 11.8. The van der Waals surface area contributed by atoms with Crippen LogP contribution in [0.3, 0.4) is 0 Å². The summed E-state index contributed by atoms with van der Waals surface area (Å²) in [5.74, 6) is 0.188. The Morgan fingerprint density at radius 1 is 1.56 bits per heavy atom. The molecule has 0 aliphatic heterocycles. The lowest BCUT2D eigenvalue weighted by Gasteiger charge is -2.03. The van der Waals surface area contributed by atoms with E-state index in [0.717, 1.165) is 6.42 Å².